The summed E-state index contributed by atoms with van der Waals surface area (Å²) in [7, 11) is 2.69. The quantitative estimate of drug-likeness (QED) is 0.235. The Balaban J connectivity index is 2.52. The van der Waals surface area contributed by atoms with Crippen LogP contribution in [0.25, 0.3) is 0 Å². The summed E-state index contributed by atoms with van der Waals surface area (Å²) in [5.41, 5.74) is 9.60. The van der Waals surface area contributed by atoms with E-state index >= 15 is 0 Å². The maximum atomic E-state index is 2.51. The molecule has 0 saturated heterocycles. The van der Waals surface area contributed by atoms with Crippen molar-refractivity contribution in [2.75, 3.05) is 0 Å². The highest BCUT2D eigenvalue weighted by molar-refractivity contribution is 7.48. The van der Waals surface area contributed by atoms with Gasteiger partial charge in [-0.25, -0.2) is 0 Å². The van der Waals surface area contributed by atoms with E-state index in [4.69, 9.17) is 0 Å². The smallest absolute Gasteiger partial charge is 0.00896 e. The molecule has 0 nitrogen and oxygen atoms in total. The van der Waals surface area contributed by atoms with E-state index in [1.165, 1.54) is 60.4 Å². The molecule has 2 rings (SSSR count). The van der Waals surface area contributed by atoms with Gasteiger partial charge in [0.1, 0.15) is 0 Å². The first-order valence-corrected chi connectivity index (χ1v) is 18.0. The Labute approximate surface area is 265 Å². The summed E-state index contributed by atoms with van der Waals surface area (Å²) in [6.07, 6.45) is 2.19. The van der Waals surface area contributed by atoms with Crippen molar-refractivity contribution >= 4 is 38.6 Å². The molecule has 0 aliphatic carbocycles. The van der Waals surface area contributed by atoms with Crippen molar-refractivity contribution < 1.29 is 0 Å². The van der Waals surface area contributed by atoms with E-state index in [0.29, 0.717) is 0 Å². The molecule has 2 aromatic carbocycles. The second kappa shape index (κ2) is 12.6. The highest BCUT2D eigenvalue weighted by Gasteiger charge is 2.30. The molecule has 0 unspecified atom stereocenters. The van der Waals surface area contributed by atoms with E-state index in [9.17, 15) is 0 Å². The molecule has 0 aliphatic heterocycles. The average Bonchev–Trinajstić information content (AvgIpc) is 2.76. The fourth-order valence-electron chi connectivity index (χ4n) is 5.16. The second-order valence-electron chi connectivity index (χ2n) is 18.5. The van der Waals surface area contributed by atoms with Gasteiger partial charge in [-0.15, -0.1) is 0 Å². The van der Waals surface area contributed by atoms with Gasteiger partial charge < -0.3 is 0 Å². The minimum absolute atomic E-state index is 0.105. The maximum absolute atomic E-state index is 2.51. The van der Waals surface area contributed by atoms with Crippen LogP contribution < -0.4 is 10.6 Å². The Kier molecular flexibility index (Phi) is 11.1. The molecular formula is C40H64P2. The highest BCUT2D eigenvalue weighted by Crippen LogP contribution is 2.37. The van der Waals surface area contributed by atoms with E-state index in [2.05, 4.69) is 160 Å². The van der Waals surface area contributed by atoms with Crippen LogP contribution in [0.15, 0.2) is 24.3 Å². The lowest BCUT2D eigenvalue weighted by atomic mass is 9.75. The minimum Gasteiger partial charge on any atom is -0.0722 e. The molecule has 0 fully saturated rings. The van der Waals surface area contributed by atoms with Crippen molar-refractivity contribution in [1.29, 1.82) is 0 Å². The predicted molar refractivity (Wildman–Crippen MR) is 200 cm³/mol. The Morgan fingerprint density at radius 2 is 0.595 bits per heavy atom. The fraction of sp³-hybridized carbons (Fsp3) is 0.650. The van der Waals surface area contributed by atoms with Crippen LogP contribution in [0.5, 0.6) is 0 Å². The van der Waals surface area contributed by atoms with Gasteiger partial charge in [0.05, 0.1) is 0 Å². The predicted octanol–water partition coefficient (Wildman–Crippen LogP) is 11.7. The first kappa shape index (κ1) is 37.0. The molecule has 2 aromatic rings. The standard InChI is InChI=1S/C40H64P2/c1-35(2,3)27-23-29(37(7,8)9)33(30(24-27)38(10,11)12)41-21-19-20-22-42-34-31(39(13,14)15)25-28(36(4,5)6)26-32(34)40(16,17)18/h21-26H,19-20H2,1-18H3. The summed E-state index contributed by atoms with van der Waals surface area (Å²) in [6.45, 7) is 42.5. The molecule has 0 bridgehead atoms. The van der Waals surface area contributed by atoms with E-state index in [0.717, 1.165) is 12.8 Å². The van der Waals surface area contributed by atoms with Crippen LogP contribution in [0.1, 0.15) is 171 Å². The van der Waals surface area contributed by atoms with Gasteiger partial charge in [-0.1, -0.05) is 177 Å². The van der Waals surface area contributed by atoms with Gasteiger partial charge >= 0.3 is 0 Å². The van der Waals surface area contributed by atoms with Crippen LogP contribution in [-0.2, 0) is 32.5 Å². The molecule has 0 aliphatic rings. The third kappa shape index (κ3) is 9.64. The van der Waals surface area contributed by atoms with E-state index in [1.807, 2.05) is 0 Å². The molecular weight excluding hydrogens is 542 g/mol. The average molecular weight is 607 g/mol. The van der Waals surface area contributed by atoms with Crippen LogP contribution in [0.3, 0.4) is 0 Å². The molecule has 0 radical (unpaired) electrons. The zero-order chi connectivity index (χ0) is 32.7. The van der Waals surface area contributed by atoms with Gasteiger partial charge in [0.2, 0.25) is 0 Å². The molecule has 0 saturated carbocycles. The SMILES string of the molecule is CC(C)(C)c1cc(C(C)(C)C)c(P=CCCC=Pc2c(C(C)(C)C)cc(C(C)(C)C)cc2C(C)(C)C)c(C(C)(C)C)c1. The van der Waals surface area contributed by atoms with Crippen molar-refractivity contribution in [3.05, 3.63) is 57.6 Å². The van der Waals surface area contributed by atoms with Crippen molar-refractivity contribution in [2.24, 2.45) is 0 Å². The van der Waals surface area contributed by atoms with E-state index < -0.39 is 0 Å². The monoisotopic (exact) mass is 606 g/mol. The Morgan fingerprint density at radius 1 is 0.381 bits per heavy atom. The zero-order valence-corrected chi connectivity index (χ0v) is 32.6. The third-order valence-electron chi connectivity index (χ3n) is 8.05. The number of rotatable bonds is 5. The Hall–Kier alpha value is -1.22. The molecule has 0 N–H and O–H groups in total. The van der Waals surface area contributed by atoms with E-state index in [-0.39, 0.29) is 32.5 Å². The van der Waals surface area contributed by atoms with Crippen LogP contribution in [0, 0.1) is 0 Å². The van der Waals surface area contributed by atoms with Gasteiger partial charge in [0.25, 0.3) is 0 Å². The summed E-state index contributed by atoms with van der Waals surface area (Å²) in [6, 6.07) is 10.00. The van der Waals surface area contributed by atoms with Gasteiger partial charge in [0, 0.05) is 10.6 Å². The van der Waals surface area contributed by atoms with Gasteiger partial charge in [-0.05, 0) is 78.7 Å². The molecule has 42 heavy (non-hydrogen) atoms. The molecule has 0 atom stereocenters. The molecule has 0 aromatic heterocycles. The van der Waals surface area contributed by atoms with E-state index in [1.54, 1.807) is 0 Å². The number of unbranched alkanes of at least 4 members (excludes halogenated alkanes) is 1. The van der Waals surface area contributed by atoms with Crippen LogP contribution in [0.4, 0.5) is 0 Å². The lowest BCUT2D eigenvalue weighted by molar-refractivity contribution is 0.553. The first-order chi connectivity index (χ1) is 18.6. The summed E-state index contributed by atoms with van der Waals surface area (Å²) in [4.78, 5) is 0. The fourth-order valence-corrected chi connectivity index (χ4v) is 8.24. The minimum atomic E-state index is 0.105. The zero-order valence-electron chi connectivity index (χ0n) is 30.8. The summed E-state index contributed by atoms with van der Waals surface area (Å²) in [5, 5.41) is 3.03. The van der Waals surface area contributed by atoms with Gasteiger partial charge in [-0.2, -0.15) is 0 Å². The van der Waals surface area contributed by atoms with Crippen molar-refractivity contribution in [2.45, 2.75) is 170 Å². The van der Waals surface area contributed by atoms with Gasteiger partial charge in [-0.3, -0.25) is 0 Å². The molecule has 0 spiro atoms. The number of benzene rings is 2. The molecule has 0 amide bonds. The third-order valence-corrected chi connectivity index (χ3v) is 10.4. The Bertz CT molecular complexity index is 1120. The van der Waals surface area contributed by atoms with Crippen molar-refractivity contribution in [1.82, 2.24) is 0 Å². The molecule has 0 heterocycles. The summed E-state index contributed by atoms with van der Waals surface area (Å²) in [5.74, 6) is 5.03. The first-order valence-electron chi connectivity index (χ1n) is 16.1. The normalized spacial score (nSPS) is 14.4. The molecule has 234 valence electrons. The Morgan fingerprint density at radius 3 is 0.762 bits per heavy atom. The lowest BCUT2D eigenvalue weighted by Gasteiger charge is -2.32. The van der Waals surface area contributed by atoms with Crippen LogP contribution in [0.2, 0.25) is 0 Å². The van der Waals surface area contributed by atoms with Crippen molar-refractivity contribution in [3.63, 3.8) is 0 Å². The second-order valence-corrected chi connectivity index (χ2v) is 20.7. The number of hydrogen-bond donors (Lipinski definition) is 0. The van der Waals surface area contributed by atoms with Crippen LogP contribution in [-0.4, -0.2) is 11.6 Å². The van der Waals surface area contributed by atoms with Crippen LogP contribution >= 0.6 is 16.4 Å². The number of hydrogen-bond acceptors (Lipinski definition) is 0. The van der Waals surface area contributed by atoms with Crippen molar-refractivity contribution in [3.8, 4) is 0 Å². The maximum Gasteiger partial charge on any atom is 0.00896 e. The van der Waals surface area contributed by atoms with Gasteiger partial charge in [0.15, 0.2) is 0 Å². The largest absolute Gasteiger partial charge is 0.0722 e. The summed E-state index contributed by atoms with van der Waals surface area (Å²) >= 11 is 0. The highest BCUT2D eigenvalue weighted by atomic mass is 31.1. The summed E-state index contributed by atoms with van der Waals surface area (Å²) < 4.78 is 0. The molecule has 2 heteroatoms. The lowest BCUT2D eigenvalue weighted by Crippen LogP contribution is -2.29. The topological polar surface area (TPSA) is 0 Å².